The second-order valence-electron chi connectivity index (χ2n) is 6.01. The molecule has 0 aromatic heterocycles. The summed E-state index contributed by atoms with van der Waals surface area (Å²) >= 11 is 0. The third-order valence-corrected chi connectivity index (χ3v) is 3.97. The number of rotatable bonds is 5. The fourth-order valence-electron chi connectivity index (χ4n) is 2.85. The molecular formula is C16H27N3O. The molecule has 2 rings (SSSR count). The first-order valence-corrected chi connectivity index (χ1v) is 7.45. The van der Waals surface area contributed by atoms with E-state index in [0.29, 0.717) is 6.04 Å². The van der Waals surface area contributed by atoms with Gasteiger partial charge in [0.05, 0.1) is 17.5 Å². The molecule has 0 amide bonds. The molecule has 0 spiro atoms. The minimum absolute atomic E-state index is 0.138. The lowest BCUT2D eigenvalue weighted by Crippen LogP contribution is -2.36. The molecule has 20 heavy (non-hydrogen) atoms. The average Bonchev–Trinajstić information content (AvgIpc) is 2.77. The van der Waals surface area contributed by atoms with Crippen molar-refractivity contribution in [2.75, 3.05) is 37.8 Å². The van der Waals surface area contributed by atoms with Gasteiger partial charge in [-0.2, -0.15) is 0 Å². The number of nitrogens with zero attached hydrogens (tertiary/aromatic N) is 2. The number of likely N-dealkylation sites (tertiary alicyclic amines) is 1. The van der Waals surface area contributed by atoms with Crippen molar-refractivity contribution < 1.29 is 4.74 Å². The number of likely N-dealkylation sites (N-methyl/N-ethyl adjacent to an activating group) is 2. The number of ether oxygens (including phenoxy) is 1. The van der Waals surface area contributed by atoms with Gasteiger partial charge in [-0.3, -0.25) is 0 Å². The van der Waals surface area contributed by atoms with Crippen LogP contribution in [0.4, 0.5) is 11.4 Å². The van der Waals surface area contributed by atoms with Gasteiger partial charge in [0.1, 0.15) is 5.75 Å². The van der Waals surface area contributed by atoms with E-state index in [2.05, 4.69) is 30.0 Å². The van der Waals surface area contributed by atoms with Crippen LogP contribution in [0.15, 0.2) is 18.2 Å². The van der Waals surface area contributed by atoms with Crippen molar-refractivity contribution in [3.63, 3.8) is 0 Å². The van der Waals surface area contributed by atoms with E-state index < -0.39 is 0 Å². The van der Waals surface area contributed by atoms with E-state index in [1.54, 1.807) is 0 Å². The molecule has 0 radical (unpaired) electrons. The summed E-state index contributed by atoms with van der Waals surface area (Å²) in [5, 5.41) is 0. The van der Waals surface area contributed by atoms with Crippen LogP contribution in [-0.4, -0.2) is 44.2 Å². The molecule has 4 heteroatoms. The number of para-hydroxylation sites is 1. The zero-order valence-corrected chi connectivity index (χ0v) is 13.1. The predicted octanol–water partition coefficient (Wildman–Crippen LogP) is 2.59. The number of nitrogen functional groups attached to an aromatic ring is 1. The molecule has 0 bridgehead atoms. The van der Waals surface area contributed by atoms with E-state index in [1.807, 2.05) is 26.0 Å². The van der Waals surface area contributed by atoms with Gasteiger partial charge in [0.15, 0.2) is 0 Å². The summed E-state index contributed by atoms with van der Waals surface area (Å²) in [6.07, 6.45) is 2.70. The van der Waals surface area contributed by atoms with Gasteiger partial charge in [0.2, 0.25) is 0 Å². The fourth-order valence-corrected chi connectivity index (χ4v) is 2.85. The molecule has 0 aliphatic carbocycles. The molecule has 4 nitrogen and oxygen atoms in total. The number of hydrogen-bond acceptors (Lipinski definition) is 4. The van der Waals surface area contributed by atoms with Crippen LogP contribution in [0.1, 0.15) is 26.7 Å². The van der Waals surface area contributed by atoms with Gasteiger partial charge in [0, 0.05) is 19.6 Å². The van der Waals surface area contributed by atoms with E-state index in [9.17, 15) is 0 Å². The zero-order valence-electron chi connectivity index (χ0n) is 13.1. The Morgan fingerprint density at radius 2 is 2.20 bits per heavy atom. The summed E-state index contributed by atoms with van der Waals surface area (Å²) in [7, 11) is 4.31. The highest BCUT2D eigenvalue weighted by Crippen LogP contribution is 2.33. The third kappa shape index (κ3) is 3.37. The molecule has 1 aliphatic heterocycles. The Morgan fingerprint density at radius 1 is 1.45 bits per heavy atom. The monoisotopic (exact) mass is 277 g/mol. The molecule has 1 heterocycles. The molecular weight excluding hydrogens is 250 g/mol. The van der Waals surface area contributed by atoms with Gasteiger partial charge >= 0.3 is 0 Å². The molecule has 0 saturated carbocycles. The Bertz CT molecular complexity index is 447. The largest absolute Gasteiger partial charge is 0.489 e. The van der Waals surface area contributed by atoms with Gasteiger partial charge in [-0.05, 0) is 52.4 Å². The predicted molar refractivity (Wildman–Crippen MR) is 85.5 cm³/mol. The van der Waals surface area contributed by atoms with Gasteiger partial charge in [-0.25, -0.2) is 0 Å². The number of benzene rings is 1. The van der Waals surface area contributed by atoms with E-state index in [1.165, 1.54) is 19.4 Å². The van der Waals surface area contributed by atoms with Crippen LogP contribution in [0.25, 0.3) is 0 Å². The van der Waals surface area contributed by atoms with Crippen molar-refractivity contribution in [2.24, 2.45) is 0 Å². The fraction of sp³-hybridized carbons (Fsp3) is 0.625. The molecule has 2 N–H and O–H groups in total. The van der Waals surface area contributed by atoms with E-state index in [-0.39, 0.29) is 6.10 Å². The maximum Gasteiger partial charge on any atom is 0.144 e. The zero-order chi connectivity index (χ0) is 14.7. The van der Waals surface area contributed by atoms with Crippen molar-refractivity contribution in [2.45, 2.75) is 38.8 Å². The topological polar surface area (TPSA) is 41.7 Å². The van der Waals surface area contributed by atoms with Crippen LogP contribution in [0, 0.1) is 0 Å². The van der Waals surface area contributed by atoms with Crippen molar-refractivity contribution in [1.82, 2.24) is 4.90 Å². The van der Waals surface area contributed by atoms with Gasteiger partial charge in [0.25, 0.3) is 0 Å². The normalized spacial score (nSPS) is 19.6. The highest BCUT2D eigenvalue weighted by atomic mass is 16.5. The van der Waals surface area contributed by atoms with Crippen LogP contribution in [-0.2, 0) is 0 Å². The standard InChI is InChI=1S/C16H27N3O/c1-12(2)20-15-9-5-8-14(16(15)17)19(4)11-13-7-6-10-18(13)3/h5,8-9,12-13H,6-7,10-11,17H2,1-4H3. The Balaban J connectivity index is 2.11. The number of nitrogens with two attached hydrogens (primary N) is 1. The van der Waals surface area contributed by atoms with E-state index in [4.69, 9.17) is 10.5 Å². The average molecular weight is 277 g/mol. The van der Waals surface area contributed by atoms with Crippen LogP contribution in [0.3, 0.4) is 0 Å². The SMILES string of the molecule is CC(C)Oc1cccc(N(C)CC2CCCN2C)c1N. The highest BCUT2D eigenvalue weighted by Gasteiger charge is 2.23. The lowest BCUT2D eigenvalue weighted by atomic mass is 10.2. The van der Waals surface area contributed by atoms with Crippen LogP contribution < -0.4 is 15.4 Å². The molecule has 1 atom stereocenters. The van der Waals surface area contributed by atoms with Crippen LogP contribution >= 0.6 is 0 Å². The van der Waals surface area contributed by atoms with Gasteiger partial charge in [-0.15, -0.1) is 0 Å². The molecule has 1 aromatic carbocycles. The first-order chi connectivity index (χ1) is 9.49. The third-order valence-electron chi connectivity index (χ3n) is 3.97. The maximum atomic E-state index is 6.26. The lowest BCUT2D eigenvalue weighted by Gasteiger charge is -2.28. The first kappa shape index (κ1) is 15.0. The highest BCUT2D eigenvalue weighted by molar-refractivity contribution is 5.73. The van der Waals surface area contributed by atoms with E-state index in [0.717, 1.165) is 23.7 Å². The van der Waals surface area contributed by atoms with Crippen molar-refractivity contribution in [3.8, 4) is 5.75 Å². The quantitative estimate of drug-likeness (QED) is 0.840. The van der Waals surface area contributed by atoms with Crippen LogP contribution in [0.5, 0.6) is 5.75 Å². The summed E-state index contributed by atoms with van der Waals surface area (Å²) in [5.74, 6) is 0.782. The summed E-state index contributed by atoms with van der Waals surface area (Å²) in [6.45, 7) is 6.24. The number of hydrogen-bond donors (Lipinski definition) is 1. The summed E-state index contributed by atoms with van der Waals surface area (Å²) in [4.78, 5) is 4.68. The summed E-state index contributed by atoms with van der Waals surface area (Å²) in [5.41, 5.74) is 8.06. The second kappa shape index (κ2) is 6.35. The molecule has 1 aliphatic rings. The second-order valence-corrected chi connectivity index (χ2v) is 6.01. The summed E-state index contributed by atoms with van der Waals surface area (Å²) in [6, 6.07) is 6.64. The Kier molecular flexibility index (Phi) is 4.76. The van der Waals surface area contributed by atoms with Crippen LogP contribution in [0.2, 0.25) is 0 Å². The van der Waals surface area contributed by atoms with E-state index >= 15 is 0 Å². The van der Waals surface area contributed by atoms with Crippen molar-refractivity contribution in [3.05, 3.63) is 18.2 Å². The molecule has 1 fully saturated rings. The molecule has 1 unspecified atom stereocenters. The Morgan fingerprint density at radius 3 is 2.80 bits per heavy atom. The van der Waals surface area contributed by atoms with Crippen molar-refractivity contribution in [1.29, 1.82) is 0 Å². The minimum atomic E-state index is 0.138. The van der Waals surface area contributed by atoms with Crippen molar-refractivity contribution >= 4 is 11.4 Å². The summed E-state index contributed by atoms with van der Waals surface area (Å²) < 4.78 is 5.76. The lowest BCUT2D eigenvalue weighted by molar-refractivity contribution is 0.244. The molecule has 1 saturated heterocycles. The minimum Gasteiger partial charge on any atom is -0.489 e. The maximum absolute atomic E-state index is 6.26. The molecule has 1 aromatic rings. The Hall–Kier alpha value is -1.42. The first-order valence-electron chi connectivity index (χ1n) is 7.45. The van der Waals surface area contributed by atoms with Gasteiger partial charge < -0.3 is 20.3 Å². The van der Waals surface area contributed by atoms with Gasteiger partial charge in [-0.1, -0.05) is 6.07 Å². The Labute approximate surface area is 122 Å². The number of anilines is 2. The molecule has 112 valence electrons. The smallest absolute Gasteiger partial charge is 0.144 e.